The van der Waals surface area contributed by atoms with E-state index in [9.17, 15) is 19.8 Å². The van der Waals surface area contributed by atoms with E-state index >= 15 is 0 Å². The molecule has 3 N–H and O–H groups in total. The molecule has 11 atom stereocenters. The van der Waals surface area contributed by atoms with Gasteiger partial charge in [-0.1, -0.05) is 62.0 Å². The summed E-state index contributed by atoms with van der Waals surface area (Å²) in [6.45, 7) is 24.3. The molecule has 256 valence electrons. The van der Waals surface area contributed by atoms with E-state index in [0.29, 0.717) is 37.4 Å². The molecule has 1 unspecified atom stereocenters. The second kappa shape index (κ2) is 12.2. The third-order valence-corrected chi connectivity index (χ3v) is 15.3. The van der Waals surface area contributed by atoms with Crippen LogP contribution in [-0.4, -0.2) is 47.4 Å². The van der Waals surface area contributed by atoms with Crippen molar-refractivity contribution in [3.05, 3.63) is 12.2 Å². The van der Waals surface area contributed by atoms with Gasteiger partial charge in [0.2, 0.25) is 5.91 Å². The van der Waals surface area contributed by atoms with Crippen molar-refractivity contribution < 1.29 is 24.5 Å². The van der Waals surface area contributed by atoms with Crippen LogP contribution in [0.5, 0.6) is 0 Å². The lowest BCUT2D eigenvalue weighted by Crippen LogP contribution is -2.67. The molecule has 0 saturated heterocycles. The highest BCUT2D eigenvalue weighted by Crippen LogP contribution is 2.77. The molecule has 0 aromatic rings. The quantitative estimate of drug-likeness (QED) is 0.168. The summed E-state index contributed by atoms with van der Waals surface area (Å²) in [5, 5.41) is 24.3. The minimum Gasteiger partial charge on any atom is -0.480 e. The number of carbonyl (C=O) groups excluding carboxylic acids is 1. The zero-order chi connectivity index (χ0) is 33.2. The summed E-state index contributed by atoms with van der Waals surface area (Å²) < 4.78 is 6.04. The molecule has 5 aliphatic rings. The normalized spacial score (nSPS) is 44.2. The summed E-state index contributed by atoms with van der Waals surface area (Å²) in [5.41, 5.74) is 0.916. The largest absolute Gasteiger partial charge is 0.480 e. The Morgan fingerprint density at radius 3 is 2.27 bits per heavy atom. The van der Waals surface area contributed by atoms with E-state index in [0.717, 1.165) is 63.4 Å². The van der Waals surface area contributed by atoms with Crippen molar-refractivity contribution in [3.8, 4) is 0 Å². The van der Waals surface area contributed by atoms with E-state index < -0.39 is 17.4 Å². The lowest BCUT2D eigenvalue weighted by molar-refractivity contribution is -0.246. The Morgan fingerprint density at radius 2 is 1.62 bits per heavy atom. The third-order valence-electron chi connectivity index (χ3n) is 15.3. The molecule has 1 amide bonds. The highest BCUT2D eigenvalue weighted by atomic mass is 16.5. The number of aliphatic hydroxyl groups excluding tert-OH is 1. The molecule has 45 heavy (non-hydrogen) atoms. The molecular weight excluding hydrogens is 562 g/mol. The van der Waals surface area contributed by atoms with Gasteiger partial charge in [0.05, 0.1) is 18.1 Å². The average Bonchev–Trinajstić information content (AvgIpc) is 3.36. The number of amides is 1. The number of carboxylic acid groups (broad SMARTS) is 1. The molecule has 0 spiro atoms. The summed E-state index contributed by atoms with van der Waals surface area (Å²) in [6.07, 6.45) is 11.3. The number of hydrogen-bond acceptors (Lipinski definition) is 4. The number of carboxylic acids is 1. The second-order valence-corrected chi connectivity index (χ2v) is 18.1. The van der Waals surface area contributed by atoms with Gasteiger partial charge in [-0.15, -0.1) is 0 Å². The lowest BCUT2D eigenvalue weighted by Gasteiger charge is -2.72. The van der Waals surface area contributed by atoms with Crippen LogP contribution >= 0.6 is 0 Å². The Balaban J connectivity index is 1.52. The fourth-order valence-corrected chi connectivity index (χ4v) is 12.9. The van der Waals surface area contributed by atoms with Crippen LogP contribution in [0, 0.1) is 62.6 Å². The van der Waals surface area contributed by atoms with Gasteiger partial charge in [0.1, 0.15) is 6.04 Å². The predicted octanol–water partition coefficient (Wildman–Crippen LogP) is 8.03. The number of ether oxygens (including phenoxy) is 1. The molecule has 6 nitrogen and oxygen atoms in total. The molecule has 6 heteroatoms. The maximum absolute atomic E-state index is 14.5. The van der Waals surface area contributed by atoms with E-state index in [1.165, 1.54) is 12.8 Å². The highest BCUT2D eigenvalue weighted by molar-refractivity contribution is 5.88. The molecular formula is C39H65NO5. The minimum atomic E-state index is -0.934. The van der Waals surface area contributed by atoms with E-state index in [4.69, 9.17) is 4.74 Å². The van der Waals surface area contributed by atoms with Crippen LogP contribution in [0.3, 0.4) is 0 Å². The maximum Gasteiger partial charge on any atom is 0.326 e. The second-order valence-electron chi connectivity index (χ2n) is 18.1. The van der Waals surface area contributed by atoms with Gasteiger partial charge in [0.15, 0.2) is 0 Å². The molecule has 0 aromatic carbocycles. The molecule has 5 aliphatic carbocycles. The minimum absolute atomic E-state index is 0.0293. The van der Waals surface area contributed by atoms with Crippen molar-refractivity contribution in [2.75, 3.05) is 13.2 Å². The first-order chi connectivity index (χ1) is 21.0. The van der Waals surface area contributed by atoms with Gasteiger partial charge in [-0.2, -0.15) is 0 Å². The monoisotopic (exact) mass is 627 g/mol. The zero-order valence-corrected chi connectivity index (χ0v) is 29.8. The van der Waals surface area contributed by atoms with Crippen molar-refractivity contribution in [2.45, 2.75) is 145 Å². The maximum atomic E-state index is 14.5. The molecule has 0 bridgehead atoms. The average molecular weight is 628 g/mol. The van der Waals surface area contributed by atoms with Crippen LogP contribution in [0.25, 0.3) is 0 Å². The summed E-state index contributed by atoms with van der Waals surface area (Å²) in [5.74, 6) is 1.06. The number of nitrogens with one attached hydrogen (secondary N) is 1. The Kier molecular flexibility index (Phi) is 9.50. The number of rotatable bonds is 10. The number of carbonyl (C=O) groups is 2. The van der Waals surface area contributed by atoms with Crippen molar-refractivity contribution in [1.82, 2.24) is 5.32 Å². The van der Waals surface area contributed by atoms with Crippen LogP contribution in [0.2, 0.25) is 0 Å². The van der Waals surface area contributed by atoms with Crippen LogP contribution in [0.15, 0.2) is 12.2 Å². The van der Waals surface area contributed by atoms with E-state index in [2.05, 4.69) is 53.4 Å². The number of aliphatic hydroxyl groups is 1. The molecule has 0 aromatic heterocycles. The number of fused-ring (bicyclic) bond motifs is 7. The van der Waals surface area contributed by atoms with Gasteiger partial charge in [-0.25, -0.2) is 4.79 Å². The SMILES string of the molecule is C=C(COCCC)[C@@H]1CC[C@]2(C(=O)N[C@@H](CC(C)C)C(=O)O)CC[C@]3(C)[C@H](CCC4[C@@]5(C)CC[C@H](O)C(C)(C)[C@@H]5CC[C@]43C)[C@@H]12. The van der Waals surface area contributed by atoms with Crippen molar-refractivity contribution in [1.29, 1.82) is 0 Å². The van der Waals surface area contributed by atoms with Gasteiger partial charge in [0.25, 0.3) is 0 Å². The molecule has 5 fully saturated rings. The van der Waals surface area contributed by atoms with Gasteiger partial charge in [0, 0.05) is 6.61 Å². The summed E-state index contributed by atoms with van der Waals surface area (Å²) >= 11 is 0. The summed E-state index contributed by atoms with van der Waals surface area (Å²) in [7, 11) is 0. The Hall–Kier alpha value is -1.40. The smallest absolute Gasteiger partial charge is 0.326 e. The number of aliphatic carboxylic acids is 1. The standard InChI is InChI=1S/C39H65NO5/c1-10-21-45-23-25(4)26-13-18-39(34(44)40-28(33(42)43)22-24(2)3)20-19-37(8)27(32(26)39)11-12-30-36(7)16-15-31(41)35(5,6)29(36)14-17-38(30,37)9/h24,26-32,41H,4,10-23H2,1-3,5-9H3,(H,40,44)(H,42,43)/t26-,27+,28-,29-,30?,31-,32+,36-,37+,38+,39-/m0/s1. The number of hydrogen-bond donors (Lipinski definition) is 3. The first-order valence-electron chi connectivity index (χ1n) is 18.5. The lowest BCUT2D eigenvalue weighted by atomic mass is 9.32. The topological polar surface area (TPSA) is 95.9 Å². The third kappa shape index (κ3) is 5.35. The first-order valence-corrected chi connectivity index (χ1v) is 18.5. The zero-order valence-electron chi connectivity index (χ0n) is 29.8. The first kappa shape index (κ1) is 34.9. The fraction of sp³-hybridized carbons (Fsp3) is 0.897. The molecule has 0 radical (unpaired) electrons. The molecule has 0 aliphatic heterocycles. The Bertz CT molecular complexity index is 1150. The van der Waals surface area contributed by atoms with Crippen LogP contribution in [0.1, 0.15) is 132 Å². The fourth-order valence-electron chi connectivity index (χ4n) is 12.9. The summed E-state index contributed by atoms with van der Waals surface area (Å²) in [6, 6.07) is -0.857. The Morgan fingerprint density at radius 1 is 0.911 bits per heavy atom. The predicted molar refractivity (Wildman–Crippen MR) is 179 cm³/mol. The van der Waals surface area contributed by atoms with Gasteiger partial charge < -0.3 is 20.3 Å². The Labute approximate surface area is 273 Å². The van der Waals surface area contributed by atoms with Gasteiger partial charge >= 0.3 is 5.97 Å². The van der Waals surface area contributed by atoms with Gasteiger partial charge in [-0.3, -0.25) is 4.79 Å². The van der Waals surface area contributed by atoms with E-state index in [1.807, 2.05) is 13.8 Å². The van der Waals surface area contributed by atoms with Crippen LogP contribution in [-0.2, 0) is 14.3 Å². The van der Waals surface area contributed by atoms with Crippen LogP contribution in [0.4, 0.5) is 0 Å². The van der Waals surface area contributed by atoms with E-state index in [-0.39, 0.29) is 51.4 Å². The highest BCUT2D eigenvalue weighted by Gasteiger charge is 2.72. The van der Waals surface area contributed by atoms with Crippen molar-refractivity contribution in [2.24, 2.45) is 62.6 Å². The van der Waals surface area contributed by atoms with Gasteiger partial charge in [-0.05, 0) is 140 Å². The summed E-state index contributed by atoms with van der Waals surface area (Å²) in [4.78, 5) is 26.8. The van der Waals surface area contributed by atoms with Crippen molar-refractivity contribution in [3.63, 3.8) is 0 Å². The van der Waals surface area contributed by atoms with Crippen molar-refractivity contribution >= 4 is 11.9 Å². The molecule has 0 heterocycles. The molecule has 5 rings (SSSR count). The van der Waals surface area contributed by atoms with Crippen LogP contribution < -0.4 is 5.32 Å². The van der Waals surface area contributed by atoms with E-state index in [1.54, 1.807) is 0 Å². The molecule has 5 saturated carbocycles.